The molecular formula is C16H16N2O. The number of benzene rings is 2. The Labute approximate surface area is 113 Å². The third-order valence-electron chi connectivity index (χ3n) is 2.69. The van der Waals surface area contributed by atoms with E-state index in [4.69, 9.17) is 0 Å². The van der Waals surface area contributed by atoms with Gasteiger partial charge in [-0.25, -0.2) is 5.43 Å². The second-order valence-corrected chi connectivity index (χ2v) is 4.10. The monoisotopic (exact) mass is 252 g/mol. The minimum atomic E-state index is -0.190. The molecule has 0 saturated heterocycles. The van der Waals surface area contributed by atoms with Crippen LogP contribution in [0.25, 0.3) is 11.1 Å². The molecule has 96 valence electrons. The van der Waals surface area contributed by atoms with Crippen LogP contribution in [0.4, 0.5) is 0 Å². The molecule has 0 aliphatic carbocycles. The Balaban J connectivity index is 2.10. The average Bonchev–Trinajstić information content (AvgIpc) is 2.48. The van der Waals surface area contributed by atoms with Gasteiger partial charge in [0.05, 0.1) is 0 Å². The van der Waals surface area contributed by atoms with E-state index < -0.39 is 0 Å². The quantitative estimate of drug-likeness (QED) is 0.657. The molecule has 0 aromatic heterocycles. The fourth-order valence-corrected chi connectivity index (χ4v) is 1.70. The smallest absolute Gasteiger partial charge is 0.267 e. The number of hydrazone groups is 1. The van der Waals surface area contributed by atoms with Crippen LogP contribution in [-0.2, 0) is 0 Å². The van der Waals surface area contributed by atoms with Gasteiger partial charge in [-0.05, 0) is 29.7 Å². The van der Waals surface area contributed by atoms with Crippen molar-refractivity contribution in [3.05, 3.63) is 60.2 Å². The maximum absolute atomic E-state index is 11.7. The first-order valence-electron chi connectivity index (χ1n) is 6.28. The van der Waals surface area contributed by atoms with E-state index >= 15 is 0 Å². The Hall–Kier alpha value is -2.42. The number of nitrogens with one attached hydrogen (secondary N) is 1. The van der Waals surface area contributed by atoms with E-state index in [-0.39, 0.29) is 5.91 Å². The third kappa shape index (κ3) is 3.52. The Kier molecular flexibility index (Phi) is 4.45. The van der Waals surface area contributed by atoms with Crippen molar-refractivity contribution in [2.24, 2.45) is 5.10 Å². The third-order valence-corrected chi connectivity index (χ3v) is 2.69. The van der Waals surface area contributed by atoms with Gasteiger partial charge in [0.25, 0.3) is 5.91 Å². The lowest BCUT2D eigenvalue weighted by molar-refractivity contribution is 0.0955. The Bertz CT molecular complexity index is 559. The molecule has 0 fully saturated rings. The maximum atomic E-state index is 11.7. The molecular weight excluding hydrogens is 236 g/mol. The van der Waals surface area contributed by atoms with Gasteiger partial charge in [0.15, 0.2) is 0 Å². The molecule has 0 heterocycles. The van der Waals surface area contributed by atoms with Gasteiger partial charge in [0.2, 0.25) is 0 Å². The summed E-state index contributed by atoms with van der Waals surface area (Å²) in [5.41, 5.74) is 5.32. The van der Waals surface area contributed by atoms with Gasteiger partial charge in [-0.15, -0.1) is 0 Å². The molecule has 0 radical (unpaired) electrons. The number of hydrogen-bond acceptors (Lipinski definition) is 2. The highest BCUT2D eigenvalue weighted by atomic mass is 16.2. The van der Waals surface area contributed by atoms with Gasteiger partial charge >= 0.3 is 0 Å². The van der Waals surface area contributed by atoms with Crippen LogP contribution in [0.3, 0.4) is 0 Å². The topological polar surface area (TPSA) is 41.5 Å². The van der Waals surface area contributed by atoms with Gasteiger partial charge in [-0.1, -0.05) is 49.4 Å². The maximum Gasteiger partial charge on any atom is 0.271 e. The summed E-state index contributed by atoms with van der Waals surface area (Å²) in [6.45, 7) is 1.96. The molecule has 0 aliphatic rings. The molecule has 19 heavy (non-hydrogen) atoms. The van der Waals surface area contributed by atoms with Crippen molar-refractivity contribution in [2.75, 3.05) is 0 Å². The number of carbonyl (C=O) groups excluding carboxylic acids is 1. The van der Waals surface area contributed by atoms with Gasteiger partial charge < -0.3 is 0 Å². The lowest BCUT2D eigenvalue weighted by atomic mass is 10.0. The molecule has 2 aromatic rings. The molecule has 3 nitrogen and oxygen atoms in total. The fraction of sp³-hybridized carbons (Fsp3) is 0.125. The van der Waals surface area contributed by atoms with Crippen molar-refractivity contribution in [1.82, 2.24) is 5.43 Å². The molecule has 0 spiro atoms. The Morgan fingerprint density at radius 1 is 1.05 bits per heavy atom. The molecule has 0 unspecified atom stereocenters. The number of amides is 1. The summed E-state index contributed by atoms with van der Waals surface area (Å²) in [5, 5.41) is 3.82. The highest BCUT2D eigenvalue weighted by Crippen LogP contribution is 2.19. The summed E-state index contributed by atoms with van der Waals surface area (Å²) in [6, 6.07) is 17.5. The van der Waals surface area contributed by atoms with Crippen molar-refractivity contribution in [1.29, 1.82) is 0 Å². The summed E-state index contributed by atoms with van der Waals surface area (Å²) < 4.78 is 0. The van der Waals surface area contributed by atoms with E-state index in [2.05, 4.69) is 10.5 Å². The van der Waals surface area contributed by atoms with Crippen LogP contribution in [0, 0.1) is 0 Å². The first-order chi connectivity index (χ1) is 9.31. The summed E-state index contributed by atoms with van der Waals surface area (Å²) in [4.78, 5) is 11.7. The lowest BCUT2D eigenvalue weighted by Gasteiger charge is -2.03. The molecule has 2 rings (SSSR count). The highest BCUT2D eigenvalue weighted by Gasteiger charge is 2.04. The van der Waals surface area contributed by atoms with Gasteiger partial charge in [0, 0.05) is 11.8 Å². The summed E-state index contributed by atoms with van der Waals surface area (Å²) >= 11 is 0. The zero-order valence-corrected chi connectivity index (χ0v) is 10.8. The number of nitrogens with zero attached hydrogens (tertiary/aromatic N) is 1. The summed E-state index contributed by atoms with van der Waals surface area (Å²) in [7, 11) is 0. The highest BCUT2D eigenvalue weighted by molar-refractivity contribution is 5.94. The predicted molar refractivity (Wildman–Crippen MR) is 78.1 cm³/mol. The molecule has 0 bridgehead atoms. The van der Waals surface area contributed by atoms with Crippen molar-refractivity contribution in [3.63, 3.8) is 0 Å². The Morgan fingerprint density at radius 3 is 2.32 bits per heavy atom. The molecule has 1 amide bonds. The van der Waals surface area contributed by atoms with E-state index in [1.54, 1.807) is 18.3 Å². The normalized spacial score (nSPS) is 10.6. The first kappa shape index (κ1) is 13.0. The lowest BCUT2D eigenvalue weighted by Crippen LogP contribution is -2.17. The molecule has 0 aliphatic heterocycles. The number of hydrogen-bond donors (Lipinski definition) is 1. The minimum Gasteiger partial charge on any atom is -0.267 e. The van der Waals surface area contributed by atoms with Gasteiger partial charge in [0.1, 0.15) is 0 Å². The first-order valence-corrected chi connectivity index (χ1v) is 6.28. The average molecular weight is 252 g/mol. The molecule has 3 heteroatoms. The van der Waals surface area contributed by atoms with E-state index in [0.717, 1.165) is 17.5 Å². The van der Waals surface area contributed by atoms with E-state index in [0.29, 0.717) is 5.56 Å². The van der Waals surface area contributed by atoms with E-state index in [1.165, 1.54) is 0 Å². The van der Waals surface area contributed by atoms with Crippen LogP contribution >= 0.6 is 0 Å². The minimum absolute atomic E-state index is 0.190. The zero-order chi connectivity index (χ0) is 13.5. The van der Waals surface area contributed by atoms with Crippen molar-refractivity contribution in [3.8, 4) is 11.1 Å². The van der Waals surface area contributed by atoms with Crippen LogP contribution in [0.5, 0.6) is 0 Å². The second kappa shape index (κ2) is 6.50. The Morgan fingerprint density at radius 2 is 1.68 bits per heavy atom. The van der Waals surface area contributed by atoms with Gasteiger partial charge in [-0.3, -0.25) is 4.79 Å². The van der Waals surface area contributed by atoms with Crippen molar-refractivity contribution >= 4 is 12.1 Å². The summed E-state index contributed by atoms with van der Waals surface area (Å²) in [6.07, 6.45) is 2.46. The van der Waals surface area contributed by atoms with Crippen LogP contribution < -0.4 is 5.43 Å². The standard InChI is InChI=1S/C16H16N2O/c1-2-12-17-18-16(19)15-10-8-14(9-11-15)13-6-4-3-5-7-13/h3-12H,2H2,1H3,(H,18,19)/b17-12-. The predicted octanol–water partition coefficient (Wildman–Crippen LogP) is 3.48. The number of rotatable bonds is 4. The van der Waals surface area contributed by atoms with Crippen molar-refractivity contribution in [2.45, 2.75) is 13.3 Å². The van der Waals surface area contributed by atoms with Crippen LogP contribution in [0.1, 0.15) is 23.7 Å². The summed E-state index contributed by atoms with van der Waals surface area (Å²) in [5.74, 6) is -0.190. The molecule has 2 aromatic carbocycles. The van der Waals surface area contributed by atoms with Crippen LogP contribution in [0.2, 0.25) is 0 Å². The fourth-order valence-electron chi connectivity index (χ4n) is 1.70. The second-order valence-electron chi connectivity index (χ2n) is 4.10. The molecule has 0 atom stereocenters. The number of carbonyl (C=O) groups is 1. The van der Waals surface area contributed by atoms with Crippen LogP contribution in [-0.4, -0.2) is 12.1 Å². The SMILES string of the molecule is CC/C=N\NC(=O)c1ccc(-c2ccccc2)cc1. The van der Waals surface area contributed by atoms with Crippen molar-refractivity contribution < 1.29 is 4.79 Å². The zero-order valence-electron chi connectivity index (χ0n) is 10.8. The van der Waals surface area contributed by atoms with E-state index in [9.17, 15) is 4.79 Å². The van der Waals surface area contributed by atoms with Crippen LogP contribution in [0.15, 0.2) is 59.7 Å². The molecule has 0 saturated carbocycles. The van der Waals surface area contributed by atoms with Gasteiger partial charge in [-0.2, -0.15) is 5.10 Å². The van der Waals surface area contributed by atoms with E-state index in [1.807, 2.05) is 49.4 Å². The largest absolute Gasteiger partial charge is 0.271 e. The molecule has 1 N–H and O–H groups in total.